The molecule has 102 valence electrons. The summed E-state index contributed by atoms with van der Waals surface area (Å²) in [4.78, 5) is 14.5. The van der Waals surface area contributed by atoms with Gasteiger partial charge in [-0.05, 0) is 6.92 Å². The molecule has 1 fully saturated rings. The topological polar surface area (TPSA) is 66.1 Å². The maximum atomic E-state index is 5.16. The smallest absolute Gasteiger partial charge is 0.317 e. The fourth-order valence-corrected chi connectivity index (χ4v) is 2.50. The number of aryl methyl sites for hydroxylation is 1. The van der Waals surface area contributed by atoms with Gasteiger partial charge in [0.05, 0.1) is 23.8 Å². The summed E-state index contributed by atoms with van der Waals surface area (Å²) in [5, 5.41) is 3.36. The van der Waals surface area contributed by atoms with E-state index in [2.05, 4.69) is 25.2 Å². The van der Waals surface area contributed by atoms with Crippen LogP contribution >= 0.6 is 0 Å². The van der Waals surface area contributed by atoms with Gasteiger partial charge in [-0.25, -0.2) is 0 Å². The van der Waals surface area contributed by atoms with Crippen LogP contribution in [0.2, 0.25) is 0 Å². The van der Waals surface area contributed by atoms with Crippen LogP contribution in [0.3, 0.4) is 0 Å². The monoisotopic (exact) mass is 261 g/mol. The van der Waals surface area contributed by atoms with Gasteiger partial charge in [-0.3, -0.25) is 4.90 Å². The van der Waals surface area contributed by atoms with Crippen LogP contribution in [0.15, 0.2) is 6.20 Å². The second kappa shape index (κ2) is 5.14. The van der Waals surface area contributed by atoms with Crippen molar-refractivity contribution in [2.24, 2.45) is 0 Å². The van der Waals surface area contributed by atoms with Gasteiger partial charge in [0.25, 0.3) is 0 Å². The minimum atomic E-state index is 0.436. The zero-order chi connectivity index (χ0) is 13.2. The van der Waals surface area contributed by atoms with Crippen molar-refractivity contribution >= 4 is 11.0 Å². The van der Waals surface area contributed by atoms with Crippen LogP contribution in [0, 0.1) is 6.92 Å². The molecule has 0 atom stereocenters. The summed E-state index contributed by atoms with van der Waals surface area (Å²) in [5.41, 5.74) is 4.11. The highest BCUT2D eigenvalue weighted by Crippen LogP contribution is 2.22. The van der Waals surface area contributed by atoms with Crippen molar-refractivity contribution in [3.63, 3.8) is 0 Å². The molecule has 0 spiro atoms. The van der Waals surface area contributed by atoms with Crippen LogP contribution in [-0.2, 0) is 6.54 Å². The average molecular weight is 261 g/mol. The Labute approximate surface area is 112 Å². The van der Waals surface area contributed by atoms with E-state index < -0.39 is 0 Å². The summed E-state index contributed by atoms with van der Waals surface area (Å²) in [5.74, 6) is 0. The van der Waals surface area contributed by atoms with E-state index in [4.69, 9.17) is 4.74 Å². The molecule has 0 unspecified atom stereocenters. The molecule has 2 aromatic heterocycles. The second-order valence-corrected chi connectivity index (χ2v) is 4.86. The maximum absolute atomic E-state index is 5.16. The first-order valence-electron chi connectivity index (χ1n) is 6.59. The van der Waals surface area contributed by atoms with Gasteiger partial charge < -0.3 is 15.0 Å². The summed E-state index contributed by atoms with van der Waals surface area (Å²) < 4.78 is 5.16. The number of nitrogens with zero attached hydrogens (tertiary/aromatic N) is 3. The van der Waals surface area contributed by atoms with Gasteiger partial charge in [-0.1, -0.05) is 0 Å². The Kier molecular flexibility index (Phi) is 3.35. The molecule has 1 saturated heterocycles. The van der Waals surface area contributed by atoms with E-state index in [1.54, 1.807) is 7.11 Å². The number of nitrogens with one attached hydrogen (secondary N) is 2. The molecule has 19 heavy (non-hydrogen) atoms. The molecule has 0 aromatic carbocycles. The Balaban J connectivity index is 1.92. The van der Waals surface area contributed by atoms with E-state index in [0.29, 0.717) is 6.01 Å². The van der Waals surface area contributed by atoms with Gasteiger partial charge >= 0.3 is 6.01 Å². The maximum Gasteiger partial charge on any atom is 0.317 e. The molecule has 0 radical (unpaired) electrons. The number of hydrogen-bond acceptors (Lipinski definition) is 5. The molecule has 1 aliphatic heterocycles. The molecule has 1 aliphatic rings. The number of hydrogen-bond donors (Lipinski definition) is 2. The Morgan fingerprint density at radius 1 is 1.32 bits per heavy atom. The predicted octanol–water partition coefficient (Wildman–Crippen LogP) is 0.680. The first-order chi connectivity index (χ1) is 9.28. The summed E-state index contributed by atoms with van der Waals surface area (Å²) >= 11 is 0. The van der Waals surface area contributed by atoms with Gasteiger partial charge in [0.1, 0.15) is 0 Å². The lowest BCUT2D eigenvalue weighted by molar-refractivity contribution is 0.234. The average Bonchev–Trinajstić information content (AvgIpc) is 2.83. The Bertz CT molecular complexity index is 574. The number of piperazine rings is 1. The highest BCUT2D eigenvalue weighted by atomic mass is 16.5. The fourth-order valence-electron chi connectivity index (χ4n) is 2.50. The van der Waals surface area contributed by atoms with Crippen molar-refractivity contribution in [2.75, 3.05) is 33.3 Å². The Hall–Kier alpha value is -1.66. The van der Waals surface area contributed by atoms with Crippen molar-refractivity contribution in [3.05, 3.63) is 17.5 Å². The highest BCUT2D eigenvalue weighted by molar-refractivity contribution is 5.81. The van der Waals surface area contributed by atoms with Gasteiger partial charge in [0.15, 0.2) is 0 Å². The van der Waals surface area contributed by atoms with Crippen LogP contribution in [0.1, 0.15) is 11.3 Å². The normalized spacial score (nSPS) is 16.9. The first kappa shape index (κ1) is 12.4. The molecule has 0 bridgehead atoms. The van der Waals surface area contributed by atoms with Crippen LogP contribution in [0.4, 0.5) is 0 Å². The number of aromatic nitrogens is 3. The van der Waals surface area contributed by atoms with Crippen LogP contribution in [0.5, 0.6) is 6.01 Å². The van der Waals surface area contributed by atoms with Gasteiger partial charge in [-0.2, -0.15) is 9.97 Å². The lowest BCUT2D eigenvalue weighted by Crippen LogP contribution is -2.42. The Morgan fingerprint density at radius 2 is 2.11 bits per heavy atom. The van der Waals surface area contributed by atoms with E-state index in [9.17, 15) is 0 Å². The minimum Gasteiger partial charge on any atom is -0.467 e. The molecule has 6 nitrogen and oxygen atoms in total. The van der Waals surface area contributed by atoms with E-state index in [-0.39, 0.29) is 0 Å². The minimum absolute atomic E-state index is 0.436. The molecule has 3 heterocycles. The zero-order valence-electron chi connectivity index (χ0n) is 11.4. The quantitative estimate of drug-likeness (QED) is 0.850. The largest absolute Gasteiger partial charge is 0.467 e. The predicted molar refractivity (Wildman–Crippen MR) is 73.3 cm³/mol. The van der Waals surface area contributed by atoms with Crippen LogP contribution in [0.25, 0.3) is 11.0 Å². The number of H-pyrrole nitrogens is 1. The fraction of sp³-hybridized carbons (Fsp3) is 0.538. The number of ether oxygens (including phenoxy) is 1. The number of aromatic amines is 1. The lowest BCUT2D eigenvalue weighted by Gasteiger charge is -2.26. The summed E-state index contributed by atoms with van der Waals surface area (Å²) in [6, 6.07) is 0.436. The van der Waals surface area contributed by atoms with Crippen molar-refractivity contribution in [2.45, 2.75) is 13.5 Å². The standard InChI is InChI=1S/C13H19N5O/c1-9-11-12(17-13(16-9)19-2)10(7-15-11)8-18-5-3-14-4-6-18/h7,14-15H,3-6,8H2,1-2H3. The van der Waals surface area contributed by atoms with Crippen molar-refractivity contribution < 1.29 is 4.74 Å². The van der Waals surface area contributed by atoms with Crippen molar-refractivity contribution in [3.8, 4) is 6.01 Å². The third kappa shape index (κ3) is 2.41. The van der Waals surface area contributed by atoms with Crippen LogP contribution in [-0.4, -0.2) is 53.1 Å². The molecule has 0 amide bonds. The number of methoxy groups -OCH3 is 1. The Morgan fingerprint density at radius 3 is 2.84 bits per heavy atom. The van der Waals surface area contributed by atoms with E-state index in [1.165, 1.54) is 5.56 Å². The SMILES string of the molecule is COc1nc(C)c2[nH]cc(CN3CCNCC3)c2n1. The lowest BCUT2D eigenvalue weighted by atomic mass is 10.2. The first-order valence-corrected chi connectivity index (χ1v) is 6.59. The van der Waals surface area contributed by atoms with E-state index in [0.717, 1.165) is 49.5 Å². The van der Waals surface area contributed by atoms with Gasteiger partial charge in [0, 0.05) is 44.5 Å². The van der Waals surface area contributed by atoms with E-state index in [1.807, 2.05) is 13.1 Å². The molecule has 2 N–H and O–H groups in total. The molecular formula is C13H19N5O. The van der Waals surface area contributed by atoms with Gasteiger partial charge in [-0.15, -0.1) is 0 Å². The second-order valence-electron chi connectivity index (χ2n) is 4.86. The zero-order valence-corrected chi connectivity index (χ0v) is 11.4. The van der Waals surface area contributed by atoms with Gasteiger partial charge in [0.2, 0.25) is 0 Å². The number of rotatable bonds is 3. The molecule has 0 aliphatic carbocycles. The molecule has 6 heteroatoms. The third-order valence-corrected chi connectivity index (χ3v) is 3.55. The summed E-state index contributed by atoms with van der Waals surface area (Å²) in [7, 11) is 1.60. The van der Waals surface area contributed by atoms with Crippen molar-refractivity contribution in [1.29, 1.82) is 0 Å². The molecular weight excluding hydrogens is 242 g/mol. The summed E-state index contributed by atoms with van der Waals surface area (Å²) in [6.07, 6.45) is 2.04. The third-order valence-electron chi connectivity index (χ3n) is 3.55. The van der Waals surface area contributed by atoms with E-state index >= 15 is 0 Å². The van der Waals surface area contributed by atoms with Crippen LogP contribution < -0.4 is 10.1 Å². The molecule has 0 saturated carbocycles. The highest BCUT2D eigenvalue weighted by Gasteiger charge is 2.15. The van der Waals surface area contributed by atoms with Crippen molar-refractivity contribution in [1.82, 2.24) is 25.2 Å². The molecule has 3 rings (SSSR count). The number of fused-ring (bicyclic) bond motifs is 1. The molecule has 2 aromatic rings. The summed E-state index contributed by atoms with van der Waals surface area (Å²) in [6.45, 7) is 7.15.